The average Bonchev–Trinajstić information content (AvgIpc) is 3.03. The lowest BCUT2D eigenvalue weighted by Gasteiger charge is -2.10. The molecule has 31 heavy (non-hydrogen) atoms. The third kappa shape index (κ3) is 6.17. The number of ketones is 1. The number of aryl methyl sites for hydroxylation is 3. The fourth-order valence-corrected chi connectivity index (χ4v) is 4.35. The Balaban J connectivity index is 1.66. The van der Waals surface area contributed by atoms with Crippen molar-refractivity contribution in [2.75, 3.05) is 0 Å². The highest BCUT2D eigenvalue weighted by Gasteiger charge is 2.21. The van der Waals surface area contributed by atoms with Crippen molar-refractivity contribution in [3.63, 3.8) is 0 Å². The van der Waals surface area contributed by atoms with Crippen LogP contribution in [0.25, 0.3) is 5.52 Å². The Morgan fingerprint density at radius 3 is 2.68 bits per heavy atom. The summed E-state index contributed by atoms with van der Waals surface area (Å²) < 4.78 is 1.97. The van der Waals surface area contributed by atoms with Crippen LogP contribution in [-0.2, 0) is 17.6 Å². The van der Waals surface area contributed by atoms with Gasteiger partial charge in [-0.2, -0.15) is 0 Å². The van der Waals surface area contributed by atoms with E-state index in [0.717, 1.165) is 53.9 Å². The highest BCUT2D eigenvalue weighted by atomic mass is 35.5. The van der Waals surface area contributed by atoms with Crippen molar-refractivity contribution in [2.24, 2.45) is 5.92 Å². The van der Waals surface area contributed by atoms with Gasteiger partial charge in [-0.3, -0.25) is 14.6 Å². The average molecular weight is 441 g/mol. The number of halogens is 1. The van der Waals surface area contributed by atoms with Gasteiger partial charge >= 0.3 is 5.97 Å². The first-order valence-corrected chi connectivity index (χ1v) is 11.2. The number of rotatable bonds is 11. The lowest BCUT2D eigenvalue weighted by atomic mass is 9.95. The normalized spacial score (nSPS) is 12.2. The zero-order valence-corrected chi connectivity index (χ0v) is 18.9. The molecule has 0 aliphatic heterocycles. The Kier molecular flexibility index (Phi) is 7.85. The van der Waals surface area contributed by atoms with Crippen molar-refractivity contribution in [1.29, 1.82) is 0 Å². The molecule has 6 heteroatoms. The molecular formula is C25H29ClN2O3. The van der Waals surface area contributed by atoms with E-state index in [1.54, 1.807) is 13.1 Å². The largest absolute Gasteiger partial charge is 0.481 e. The molecule has 0 radical (unpaired) electrons. The fraction of sp³-hybridized carbons (Fsp3) is 0.400. The Morgan fingerprint density at radius 2 is 1.94 bits per heavy atom. The number of fused-ring (bicyclic) bond motifs is 1. The fourth-order valence-electron chi connectivity index (χ4n) is 4.14. The summed E-state index contributed by atoms with van der Waals surface area (Å²) in [4.78, 5) is 28.5. The first-order chi connectivity index (χ1) is 14.8. The maximum atomic E-state index is 13.0. The van der Waals surface area contributed by atoms with E-state index in [2.05, 4.69) is 11.1 Å². The van der Waals surface area contributed by atoms with Crippen LogP contribution in [0, 0.1) is 12.8 Å². The topological polar surface area (TPSA) is 71.7 Å². The summed E-state index contributed by atoms with van der Waals surface area (Å²) >= 11 is 6.05. The summed E-state index contributed by atoms with van der Waals surface area (Å²) in [5, 5.41) is 9.76. The summed E-state index contributed by atoms with van der Waals surface area (Å²) in [5.41, 5.74) is 4.62. The number of hydrogen-bond acceptors (Lipinski definition) is 3. The Morgan fingerprint density at radius 1 is 1.16 bits per heavy atom. The van der Waals surface area contributed by atoms with Gasteiger partial charge in [0.15, 0.2) is 5.78 Å². The second-order valence-corrected chi connectivity index (χ2v) is 8.77. The quantitative estimate of drug-likeness (QED) is 0.296. The predicted molar refractivity (Wildman–Crippen MR) is 123 cm³/mol. The number of benzene rings is 1. The lowest BCUT2D eigenvalue weighted by Crippen LogP contribution is -2.11. The number of carbonyl (C=O) groups is 2. The molecule has 0 unspecified atom stereocenters. The zero-order chi connectivity index (χ0) is 22.4. The molecule has 0 fully saturated rings. The van der Waals surface area contributed by atoms with Gasteiger partial charge in [-0.25, -0.2) is 0 Å². The molecule has 0 aliphatic carbocycles. The lowest BCUT2D eigenvalue weighted by molar-refractivity contribution is -0.137. The van der Waals surface area contributed by atoms with Crippen molar-refractivity contribution in [3.8, 4) is 0 Å². The van der Waals surface area contributed by atoms with Crippen LogP contribution < -0.4 is 0 Å². The minimum Gasteiger partial charge on any atom is -0.481 e. The molecule has 0 saturated heterocycles. The second-order valence-electron chi connectivity index (χ2n) is 8.34. The van der Waals surface area contributed by atoms with Gasteiger partial charge in [0.05, 0.1) is 11.2 Å². The van der Waals surface area contributed by atoms with Crippen LogP contribution in [0.1, 0.15) is 66.2 Å². The smallest absolute Gasteiger partial charge is 0.303 e. The number of nitrogens with zero attached hydrogens (tertiary/aromatic N) is 2. The van der Waals surface area contributed by atoms with Crippen molar-refractivity contribution >= 4 is 28.9 Å². The molecule has 0 amide bonds. The van der Waals surface area contributed by atoms with Gasteiger partial charge in [0.1, 0.15) is 0 Å². The molecule has 5 nitrogen and oxygen atoms in total. The maximum absolute atomic E-state index is 13.0. The molecule has 1 aromatic carbocycles. The van der Waals surface area contributed by atoms with Gasteiger partial charge in [-0.05, 0) is 61.8 Å². The number of carboxylic acids is 1. The van der Waals surface area contributed by atoms with E-state index in [0.29, 0.717) is 5.56 Å². The summed E-state index contributed by atoms with van der Waals surface area (Å²) in [5.74, 6) is -1.09. The summed E-state index contributed by atoms with van der Waals surface area (Å²) in [6.45, 7) is 3.73. The van der Waals surface area contributed by atoms with Crippen LogP contribution in [0.4, 0.5) is 0 Å². The van der Waals surface area contributed by atoms with Crippen molar-refractivity contribution < 1.29 is 14.7 Å². The van der Waals surface area contributed by atoms with Crippen molar-refractivity contribution in [1.82, 2.24) is 9.38 Å². The van der Waals surface area contributed by atoms with E-state index in [4.69, 9.17) is 16.7 Å². The van der Waals surface area contributed by atoms with Crippen molar-refractivity contribution in [2.45, 2.75) is 58.8 Å². The summed E-state index contributed by atoms with van der Waals surface area (Å²) in [7, 11) is 0. The molecule has 2 aromatic heterocycles. The number of Topliss-reactive ketones (excluding diaryl/α,β-unsaturated/α-hetero) is 1. The maximum Gasteiger partial charge on any atom is 0.303 e. The molecule has 0 aliphatic rings. The van der Waals surface area contributed by atoms with E-state index in [1.165, 1.54) is 5.56 Å². The predicted octanol–water partition coefficient (Wildman–Crippen LogP) is 5.94. The first-order valence-electron chi connectivity index (χ1n) is 10.8. The number of hydrogen-bond donors (Lipinski definition) is 1. The number of carbonyl (C=O) groups excluding carboxylic acids is 1. The number of unbranched alkanes of at least 4 members (excludes halogenated alkanes) is 2. The highest BCUT2D eigenvalue weighted by Crippen LogP contribution is 2.25. The number of aromatic nitrogens is 2. The minimum atomic E-state index is -0.876. The molecule has 3 rings (SSSR count). The van der Waals surface area contributed by atoms with Gasteiger partial charge < -0.3 is 9.51 Å². The van der Waals surface area contributed by atoms with E-state index < -0.39 is 5.97 Å². The first kappa shape index (κ1) is 23.0. The molecule has 0 bridgehead atoms. The molecule has 3 aromatic rings. The van der Waals surface area contributed by atoms with Crippen LogP contribution >= 0.6 is 11.6 Å². The van der Waals surface area contributed by atoms with Gasteiger partial charge in [0.2, 0.25) is 0 Å². The Bertz CT molecular complexity index is 1070. The number of carboxylic acid groups (broad SMARTS) is 1. The SMILES string of the molecule is Cc1cn2ccnc(CCCCCc3cccc(Cl)c3)c2c1C(=O)C[C@H](C)CC(=O)O. The summed E-state index contributed by atoms with van der Waals surface area (Å²) in [6.07, 6.45) is 10.7. The molecule has 164 valence electrons. The van der Waals surface area contributed by atoms with Crippen LogP contribution in [0.5, 0.6) is 0 Å². The third-order valence-electron chi connectivity index (χ3n) is 5.56. The van der Waals surface area contributed by atoms with Gasteiger partial charge in [0.25, 0.3) is 0 Å². The Labute approximate surface area is 188 Å². The molecular weight excluding hydrogens is 412 g/mol. The standard InChI is InChI=1S/C25H29ClN2O3/c1-17(14-23(30)31)13-22(29)24-18(2)16-28-12-11-27-21(25(24)28)10-5-3-4-7-19-8-6-9-20(26)15-19/h6,8-9,11-12,15-17H,3-5,7,10,13-14H2,1-2H3,(H,30,31)/t17-/m0/s1. The molecule has 0 spiro atoms. The molecule has 1 atom stereocenters. The molecule has 0 saturated carbocycles. The monoisotopic (exact) mass is 440 g/mol. The number of aliphatic carboxylic acids is 1. The van der Waals surface area contributed by atoms with Crippen LogP contribution in [0.15, 0.2) is 42.9 Å². The van der Waals surface area contributed by atoms with Crippen LogP contribution in [0.3, 0.4) is 0 Å². The molecule has 2 heterocycles. The third-order valence-corrected chi connectivity index (χ3v) is 5.79. The minimum absolute atomic E-state index is 0.00565. The van der Waals surface area contributed by atoms with Crippen molar-refractivity contribution in [3.05, 3.63) is 70.3 Å². The Hall–Kier alpha value is -2.66. The van der Waals surface area contributed by atoms with Gasteiger partial charge in [-0.1, -0.05) is 37.1 Å². The molecule has 1 N–H and O–H groups in total. The second kappa shape index (κ2) is 10.6. The van der Waals surface area contributed by atoms with E-state index in [9.17, 15) is 9.59 Å². The van der Waals surface area contributed by atoms with E-state index >= 15 is 0 Å². The van der Waals surface area contributed by atoms with Gasteiger partial charge in [0, 0.05) is 42.0 Å². The van der Waals surface area contributed by atoms with Gasteiger partial charge in [-0.15, -0.1) is 0 Å². The van der Waals surface area contributed by atoms with E-state index in [1.807, 2.05) is 41.9 Å². The van der Waals surface area contributed by atoms with Crippen LogP contribution in [0.2, 0.25) is 5.02 Å². The van der Waals surface area contributed by atoms with Crippen LogP contribution in [-0.4, -0.2) is 26.2 Å². The zero-order valence-electron chi connectivity index (χ0n) is 18.1. The highest BCUT2D eigenvalue weighted by molar-refractivity contribution is 6.30. The van der Waals surface area contributed by atoms with E-state index in [-0.39, 0.29) is 24.5 Å². The summed E-state index contributed by atoms with van der Waals surface area (Å²) in [6, 6.07) is 7.97.